The Labute approximate surface area is 322 Å². The van der Waals surface area contributed by atoms with Crippen LogP contribution in [0.4, 0.5) is 0 Å². The molecule has 0 radical (unpaired) electrons. The number of benzene rings is 8. The van der Waals surface area contributed by atoms with Crippen LogP contribution in [0.3, 0.4) is 0 Å². The van der Waals surface area contributed by atoms with Crippen LogP contribution in [0.15, 0.2) is 199 Å². The molecule has 5 heteroatoms. The smallest absolute Gasteiger partial charge is 0.164 e. The molecule has 3 heterocycles. The van der Waals surface area contributed by atoms with Crippen LogP contribution >= 0.6 is 0 Å². The van der Waals surface area contributed by atoms with Gasteiger partial charge in [0, 0.05) is 50.0 Å². The van der Waals surface area contributed by atoms with Gasteiger partial charge in [-0.15, -0.1) is 0 Å². The van der Waals surface area contributed by atoms with Crippen molar-refractivity contribution in [2.75, 3.05) is 0 Å². The molecule has 3 aromatic heterocycles. The summed E-state index contributed by atoms with van der Waals surface area (Å²) in [6.45, 7) is 0. The molecular weight excluding hydrogens is 685 g/mol. The zero-order valence-corrected chi connectivity index (χ0v) is 30.2. The van der Waals surface area contributed by atoms with Crippen molar-refractivity contribution in [2.45, 2.75) is 0 Å². The lowest BCUT2D eigenvalue weighted by atomic mass is 10.0. The summed E-state index contributed by atoms with van der Waals surface area (Å²) in [6, 6.07) is 67.3. The van der Waals surface area contributed by atoms with E-state index in [0.717, 1.165) is 77.6 Å². The van der Waals surface area contributed by atoms with Crippen molar-refractivity contribution >= 4 is 43.7 Å². The first-order chi connectivity index (χ1) is 27.7. The lowest BCUT2D eigenvalue weighted by Gasteiger charge is -2.11. The molecule has 0 bridgehead atoms. The van der Waals surface area contributed by atoms with Gasteiger partial charge in [-0.2, -0.15) is 0 Å². The van der Waals surface area contributed by atoms with Gasteiger partial charge >= 0.3 is 0 Å². The minimum Gasteiger partial charge on any atom is -0.456 e. The first-order valence-corrected chi connectivity index (χ1v) is 18.8. The summed E-state index contributed by atoms with van der Waals surface area (Å²) in [6.07, 6.45) is 0. The van der Waals surface area contributed by atoms with Crippen LogP contribution in [0.2, 0.25) is 0 Å². The fraction of sp³-hybridized carbons (Fsp3) is 0. The van der Waals surface area contributed by atoms with Crippen molar-refractivity contribution < 1.29 is 4.42 Å². The Hall–Kier alpha value is -7.63. The quantitative estimate of drug-likeness (QED) is 0.172. The molecule has 262 valence electrons. The zero-order chi connectivity index (χ0) is 37.0. The molecule has 11 aromatic rings. The third-order valence-corrected chi connectivity index (χ3v) is 10.7. The fourth-order valence-corrected chi connectivity index (χ4v) is 8.03. The van der Waals surface area contributed by atoms with Crippen molar-refractivity contribution in [2.24, 2.45) is 0 Å². The van der Waals surface area contributed by atoms with Gasteiger partial charge in [0.1, 0.15) is 11.2 Å². The molecule has 0 amide bonds. The minimum atomic E-state index is 0.583. The maximum absolute atomic E-state index is 6.65. The lowest BCUT2D eigenvalue weighted by Crippen LogP contribution is -2.00. The van der Waals surface area contributed by atoms with E-state index >= 15 is 0 Å². The van der Waals surface area contributed by atoms with Crippen molar-refractivity contribution in [3.8, 4) is 62.1 Å². The van der Waals surface area contributed by atoms with E-state index in [4.69, 9.17) is 19.4 Å². The van der Waals surface area contributed by atoms with Crippen molar-refractivity contribution in [1.82, 2.24) is 19.5 Å². The fourth-order valence-electron chi connectivity index (χ4n) is 8.03. The molecule has 0 saturated heterocycles. The first-order valence-electron chi connectivity index (χ1n) is 18.8. The van der Waals surface area contributed by atoms with Gasteiger partial charge in [-0.25, -0.2) is 15.0 Å². The highest BCUT2D eigenvalue weighted by Crippen LogP contribution is 2.39. The maximum Gasteiger partial charge on any atom is 0.164 e. The van der Waals surface area contributed by atoms with Gasteiger partial charge in [0.15, 0.2) is 17.5 Å². The maximum atomic E-state index is 6.65. The zero-order valence-electron chi connectivity index (χ0n) is 30.2. The standard InChI is InChI=1S/C51H32N4O/c1-3-14-33(15-4-1)35-18-11-20-37(30-35)49-52-50(38-21-12-19-36(31-38)34-16-5-2-6-17-34)54-51(53-49)43-24-13-27-46-48(43)42-29-28-39(32-47(42)56-46)55-44-25-9-7-22-40(44)41-23-8-10-26-45(41)55/h1-32H. The normalized spacial score (nSPS) is 11.6. The number of rotatable bonds is 6. The summed E-state index contributed by atoms with van der Waals surface area (Å²) < 4.78 is 8.97. The van der Waals surface area contributed by atoms with Gasteiger partial charge in [0.05, 0.1) is 11.0 Å². The van der Waals surface area contributed by atoms with Crippen molar-refractivity contribution in [3.63, 3.8) is 0 Å². The molecule has 0 unspecified atom stereocenters. The Morgan fingerprint density at radius 1 is 0.339 bits per heavy atom. The second-order valence-corrected chi connectivity index (χ2v) is 14.0. The van der Waals surface area contributed by atoms with E-state index in [1.54, 1.807) is 0 Å². The van der Waals surface area contributed by atoms with E-state index in [1.165, 1.54) is 10.8 Å². The molecule has 0 aliphatic carbocycles. The van der Waals surface area contributed by atoms with Crippen LogP contribution in [0, 0.1) is 0 Å². The van der Waals surface area contributed by atoms with E-state index in [1.807, 2.05) is 24.3 Å². The predicted octanol–water partition coefficient (Wildman–Crippen LogP) is 13.2. The molecule has 56 heavy (non-hydrogen) atoms. The second-order valence-electron chi connectivity index (χ2n) is 14.0. The first kappa shape index (κ1) is 31.9. The third kappa shape index (κ3) is 5.37. The van der Waals surface area contributed by atoms with E-state index in [2.05, 4.69) is 174 Å². The number of fused-ring (bicyclic) bond motifs is 6. The summed E-state index contributed by atoms with van der Waals surface area (Å²) >= 11 is 0. The molecule has 0 N–H and O–H groups in total. The molecular formula is C51H32N4O. The van der Waals surface area contributed by atoms with Gasteiger partial charge in [-0.1, -0.05) is 146 Å². The van der Waals surface area contributed by atoms with Crippen LogP contribution in [0.1, 0.15) is 0 Å². The monoisotopic (exact) mass is 716 g/mol. The van der Waals surface area contributed by atoms with Gasteiger partial charge in [0.25, 0.3) is 0 Å². The summed E-state index contributed by atoms with van der Waals surface area (Å²) in [5.74, 6) is 1.79. The molecule has 5 nitrogen and oxygen atoms in total. The Morgan fingerprint density at radius 3 is 1.45 bits per heavy atom. The topological polar surface area (TPSA) is 56.7 Å². The molecule has 0 atom stereocenters. The number of aromatic nitrogens is 4. The van der Waals surface area contributed by atoms with Crippen LogP contribution in [-0.2, 0) is 0 Å². The van der Waals surface area contributed by atoms with Crippen LogP contribution < -0.4 is 0 Å². The number of para-hydroxylation sites is 2. The lowest BCUT2D eigenvalue weighted by molar-refractivity contribution is 0.668. The average Bonchev–Trinajstić information content (AvgIpc) is 3.82. The average molecular weight is 717 g/mol. The van der Waals surface area contributed by atoms with E-state index in [9.17, 15) is 0 Å². The Balaban J connectivity index is 1.10. The summed E-state index contributed by atoms with van der Waals surface area (Å²) in [7, 11) is 0. The predicted molar refractivity (Wildman–Crippen MR) is 229 cm³/mol. The van der Waals surface area contributed by atoms with Gasteiger partial charge in [-0.05, 0) is 64.7 Å². The SMILES string of the molecule is c1ccc(-c2cccc(-c3nc(-c4cccc(-c5ccccc5)c4)nc(-c4cccc5oc6cc(-n7c8ccccc8c8ccccc87)ccc6c45)n3)c2)cc1. The van der Waals surface area contributed by atoms with Gasteiger partial charge < -0.3 is 8.98 Å². The van der Waals surface area contributed by atoms with Crippen molar-refractivity contribution in [3.05, 3.63) is 194 Å². The summed E-state index contributed by atoms with van der Waals surface area (Å²) in [5.41, 5.74) is 12.1. The summed E-state index contributed by atoms with van der Waals surface area (Å²) in [5, 5.41) is 4.41. The van der Waals surface area contributed by atoms with E-state index in [0.29, 0.717) is 17.5 Å². The molecule has 0 aliphatic heterocycles. The van der Waals surface area contributed by atoms with E-state index < -0.39 is 0 Å². The highest BCUT2D eigenvalue weighted by Gasteiger charge is 2.20. The molecule has 8 aromatic carbocycles. The highest BCUT2D eigenvalue weighted by molar-refractivity contribution is 6.13. The number of hydrogen-bond donors (Lipinski definition) is 0. The summed E-state index contributed by atoms with van der Waals surface area (Å²) in [4.78, 5) is 15.6. The Morgan fingerprint density at radius 2 is 0.839 bits per heavy atom. The Kier molecular flexibility index (Phi) is 7.42. The molecule has 0 fully saturated rings. The number of hydrogen-bond acceptors (Lipinski definition) is 4. The van der Waals surface area contributed by atoms with Gasteiger partial charge in [0.2, 0.25) is 0 Å². The molecule has 0 spiro atoms. The minimum absolute atomic E-state index is 0.583. The Bertz CT molecular complexity index is 3100. The molecule has 0 aliphatic rings. The third-order valence-electron chi connectivity index (χ3n) is 10.7. The van der Waals surface area contributed by atoms with Gasteiger partial charge in [-0.3, -0.25) is 0 Å². The van der Waals surface area contributed by atoms with Crippen LogP contribution in [0.5, 0.6) is 0 Å². The second kappa shape index (κ2) is 13.0. The molecule has 0 saturated carbocycles. The largest absolute Gasteiger partial charge is 0.456 e. The van der Waals surface area contributed by atoms with Crippen molar-refractivity contribution in [1.29, 1.82) is 0 Å². The van der Waals surface area contributed by atoms with Crippen LogP contribution in [0.25, 0.3) is 106 Å². The molecule has 11 rings (SSSR count). The van der Waals surface area contributed by atoms with Crippen LogP contribution in [-0.4, -0.2) is 19.5 Å². The van der Waals surface area contributed by atoms with E-state index in [-0.39, 0.29) is 0 Å². The number of nitrogens with zero attached hydrogens (tertiary/aromatic N) is 4. The highest BCUT2D eigenvalue weighted by atomic mass is 16.3. The number of furan rings is 1.